The van der Waals surface area contributed by atoms with Crippen LogP contribution in [0.2, 0.25) is 0 Å². The van der Waals surface area contributed by atoms with E-state index in [4.69, 9.17) is 16.5 Å². The average Bonchev–Trinajstić information content (AvgIpc) is 3.73. The van der Waals surface area contributed by atoms with Crippen LogP contribution in [0.25, 0.3) is 38.6 Å². The second-order valence-electron chi connectivity index (χ2n) is 14.1. The van der Waals surface area contributed by atoms with Crippen molar-refractivity contribution in [3.8, 4) is 11.1 Å². The highest BCUT2D eigenvalue weighted by Crippen LogP contribution is 2.46. The molecule has 4 aromatic rings. The molecular weight excluding hydrogens is 604 g/mol. The number of Topliss-reactive ketones (excluding diaryl/α,β-unsaturated/α-hetero) is 1. The zero-order valence-electron chi connectivity index (χ0n) is 31.7. The highest BCUT2D eigenvalue weighted by Gasteiger charge is 2.34. The van der Waals surface area contributed by atoms with E-state index in [1.807, 2.05) is 51.1 Å². The zero-order valence-corrected chi connectivity index (χ0v) is 31.7. The van der Waals surface area contributed by atoms with Gasteiger partial charge in [0.05, 0.1) is 17.3 Å². The molecule has 2 aliphatic rings. The van der Waals surface area contributed by atoms with E-state index < -0.39 is 0 Å². The van der Waals surface area contributed by atoms with Crippen LogP contribution in [0, 0.1) is 18.3 Å². The van der Waals surface area contributed by atoms with Crippen LogP contribution in [-0.4, -0.2) is 44.2 Å². The fraction of sp³-hybridized carbons (Fsp3) is 0.488. The molecule has 264 valence electrons. The van der Waals surface area contributed by atoms with Gasteiger partial charge in [-0.1, -0.05) is 99.1 Å². The first-order chi connectivity index (χ1) is 23.5. The summed E-state index contributed by atoms with van der Waals surface area (Å²) in [5.74, 6) is 0.726. The van der Waals surface area contributed by atoms with Crippen LogP contribution in [-0.2, 0) is 9.59 Å². The van der Waals surface area contributed by atoms with E-state index in [1.54, 1.807) is 6.92 Å². The first-order valence-corrected chi connectivity index (χ1v) is 18.4. The Morgan fingerprint density at radius 2 is 1.65 bits per heavy atom. The summed E-state index contributed by atoms with van der Waals surface area (Å²) in [7, 11) is 0. The Hall–Kier alpha value is -4.06. The van der Waals surface area contributed by atoms with E-state index in [0.29, 0.717) is 18.9 Å². The average molecular weight is 665 g/mol. The smallest absolute Gasteiger partial charge is 0.246 e. The van der Waals surface area contributed by atoms with E-state index in [1.165, 1.54) is 66.0 Å². The number of hydrogen-bond donors (Lipinski definition) is 0. The number of amides is 1. The molecule has 1 saturated carbocycles. The summed E-state index contributed by atoms with van der Waals surface area (Å²) in [5, 5.41) is 2.29. The van der Waals surface area contributed by atoms with E-state index in [9.17, 15) is 9.59 Å². The van der Waals surface area contributed by atoms with Crippen molar-refractivity contribution >= 4 is 39.2 Å². The van der Waals surface area contributed by atoms with Gasteiger partial charge < -0.3 is 14.3 Å². The van der Waals surface area contributed by atoms with E-state index in [-0.39, 0.29) is 23.1 Å². The maximum Gasteiger partial charge on any atom is 0.246 e. The van der Waals surface area contributed by atoms with Crippen LogP contribution in [0.1, 0.15) is 118 Å². The minimum atomic E-state index is -0.00490. The molecule has 3 aromatic heterocycles. The van der Waals surface area contributed by atoms with Crippen molar-refractivity contribution in [3.05, 3.63) is 79.3 Å². The molecule has 0 N–H and O–H groups in total. The van der Waals surface area contributed by atoms with Gasteiger partial charge in [-0.25, -0.2) is 4.98 Å². The standard InChI is InChI=1S/C32H34N4O.C7H14O.2C2H6/c1-4-28(37)35-17-15-26(20-35)36-31(22(3)23-10-6-5-7-11-23)30(29-21(2)14-16-33-32(29)36)25-18-24-12-8-9-13-27(24)34-19-25;1-6(8)5-7(2,3)4;2*1-2/h4,8-9,12-14,16,18-19,23,26H,1,3,5-7,10-11,15,17,20H2,2H3;5H2,1-4H3;2*1-2H3/t26-;;;/m1.../s1. The number of pyridine rings is 2. The molecule has 1 amide bonds. The van der Waals surface area contributed by atoms with Crippen molar-refractivity contribution in [3.63, 3.8) is 0 Å². The van der Waals surface area contributed by atoms with Crippen LogP contribution in [0.15, 0.2) is 68.0 Å². The third-order valence-electron chi connectivity index (χ3n) is 9.17. The molecular formula is C43H60N4O2. The molecule has 1 aliphatic heterocycles. The van der Waals surface area contributed by atoms with Crippen molar-refractivity contribution < 1.29 is 9.59 Å². The maximum atomic E-state index is 12.5. The fourth-order valence-electron chi connectivity index (χ4n) is 7.21. The molecule has 6 nitrogen and oxygen atoms in total. The van der Waals surface area contributed by atoms with Gasteiger partial charge in [-0.15, -0.1) is 0 Å². The molecule has 4 heterocycles. The second kappa shape index (κ2) is 18.1. The molecule has 6 heteroatoms. The van der Waals surface area contributed by atoms with Crippen molar-refractivity contribution in [1.29, 1.82) is 0 Å². The lowest BCUT2D eigenvalue weighted by Crippen LogP contribution is -2.27. The molecule has 1 atom stereocenters. The summed E-state index contributed by atoms with van der Waals surface area (Å²) >= 11 is 0. The molecule has 0 unspecified atom stereocenters. The van der Waals surface area contributed by atoms with Crippen LogP contribution >= 0.6 is 0 Å². The van der Waals surface area contributed by atoms with E-state index >= 15 is 0 Å². The number of aromatic nitrogens is 3. The normalized spacial score (nSPS) is 16.1. The number of fused-ring (bicyclic) bond motifs is 2. The molecule has 0 radical (unpaired) electrons. The molecule has 2 fully saturated rings. The summed E-state index contributed by atoms with van der Waals surface area (Å²) in [6, 6.07) is 12.8. The lowest BCUT2D eigenvalue weighted by atomic mass is 9.81. The predicted octanol–water partition coefficient (Wildman–Crippen LogP) is 11.2. The first kappa shape index (κ1) is 39.4. The van der Waals surface area contributed by atoms with Gasteiger partial charge in [-0.2, -0.15) is 0 Å². The Labute approximate surface area is 295 Å². The first-order valence-electron chi connectivity index (χ1n) is 18.4. The molecule has 6 rings (SSSR count). The van der Waals surface area contributed by atoms with Gasteiger partial charge >= 0.3 is 0 Å². The van der Waals surface area contributed by atoms with Gasteiger partial charge in [0.25, 0.3) is 0 Å². The minimum absolute atomic E-state index is 0.00490. The summed E-state index contributed by atoms with van der Waals surface area (Å²) in [4.78, 5) is 34.6. The number of benzene rings is 1. The van der Waals surface area contributed by atoms with Crippen molar-refractivity contribution in [2.24, 2.45) is 11.3 Å². The molecule has 49 heavy (non-hydrogen) atoms. The largest absolute Gasteiger partial charge is 0.337 e. The number of likely N-dealkylation sites (tertiary alicyclic amines) is 1. The van der Waals surface area contributed by atoms with Gasteiger partial charge in [0, 0.05) is 53.8 Å². The SMILES string of the molecule is C=CC(=O)N1CC[C@@H](n2c(C(=C)C3CCCCC3)c(-c3cnc4ccccc4c3)c3c(C)ccnc32)C1.CC.CC.CC(=O)CC(C)(C)C. The number of hydrogen-bond acceptors (Lipinski definition) is 4. The molecule has 0 spiro atoms. The van der Waals surface area contributed by atoms with Crippen LogP contribution < -0.4 is 0 Å². The summed E-state index contributed by atoms with van der Waals surface area (Å²) in [5.41, 5.74) is 8.01. The molecule has 0 bridgehead atoms. The lowest BCUT2D eigenvalue weighted by Gasteiger charge is -2.27. The Balaban J connectivity index is 0.000000473. The maximum absolute atomic E-state index is 12.5. The zero-order chi connectivity index (χ0) is 36.3. The topological polar surface area (TPSA) is 68.1 Å². The van der Waals surface area contributed by atoms with Gasteiger partial charge in [-0.3, -0.25) is 9.78 Å². The number of rotatable bonds is 6. The van der Waals surface area contributed by atoms with Gasteiger partial charge in [0.15, 0.2) is 0 Å². The molecule has 1 saturated heterocycles. The third-order valence-corrected chi connectivity index (χ3v) is 9.17. The summed E-state index contributed by atoms with van der Waals surface area (Å²) in [6.45, 7) is 27.8. The number of nitrogens with zero attached hydrogens (tertiary/aromatic N) is 4. The van der Waals surface area contributed by atoms with Crippen LogP contribution in [0.3, 0.4) is 0 Å². The van der Waals surface area contributed by atoms with Gasteiger partial charge in [0.1, 0.15) is 11.4 Å². The Morgan fingerprint density at radius 1 is 0.980 bits per heavy atom. The van der Waals surface area contributed by atoms with Gasteiger partial charge in [-0.05, 0) is 79.9 Å². The van der Waals surface area contributed by atoms with Gasteiger partial charge in [0.2, 0.25) is 5.91 Å². The number of allylic oxidation sites excluding steroid dienone is 1. The summed E-state index contributed by atoms with van der Waals surface area (Å²) < 4.78 is 2.42. The highest BCUT2D eigenvalue weighted by molar-refractivity contribution is 6.04. The summed E-state index contributed by atoms with van der Waals surface area (Å²) in [6.07, 6.45) is 13.1. The number of ketones is 1. The highest BCUT2D eigenvalue weighted by atomic mass is 16.2. The number of carbonyl (C=O) groups excluding carboxylic acids is 2. The van der Waals surface area contributed by atoms with Crippen molar-refractivity contribution in [2.45, 2.75) is 113 Å². The van der Waals surface area contributed by atoms with E-state index in [2.05, 4.69) is 69.2 Å². The molecule has 1 aromatic carbocycles. The monoisotopic (exact) mass is 664 g/mol. The lowest BCUT2D eigenvalue weighted by molar-refractivity contribution is -0.125. The molecule has 1 aliphatic carbocycles. The predicted molar refractivity (Wildman–Crippen MR) is 209 cm³/mol. The Morgan fingerprint density at radius 3 is 2.27 bits per heavy atom. The van der Waals surface area contributed by atoms with E-state index in [0.717, 1.165) is 35.1 Å². The Kier molecular flexibility index (Phi) is 14.5. The Bertz CT molecular complexity index is 1740. The van der Waals surface area contributed by atoms with Crippen LogP contribution in [0.5, 0.6) is 0 Å². The fourth-order valence-corrected chi connectivity index (χ4v) is 7.21. The number of para-hydroxylation sites is 1. The third kappa shape index (κ3) is 9.55. The quantitative estimate of drug-likeness (QED) is 0.192. The number of aryl methyl sites for hydroxylation is 1. The minimum Gasteiger partial charge on any atom is -0.337 e. The van der Waals surface area contributed by atoms with Crippen LogP contribution in [0.4, 0.5) is 0 Å². The number of carbonyl (C=O) groups is 2. The van der Waals surface area contributed by atoms with Crippen molar-refractivity contribution in [1.82, 2.24) is 19.4 Å². The van der Waals surface area contributed by atoms with Crippen molar-refractivity contribution in [2.75, 3.05) is 13.1 Å². The second-order valence-corrected chi connectivity index (χ2v) is 14.1.